The molecule has 6 heteroatoms. The zero-order valence-electron chi connectivity index (χ0n) is 12.3. The monoisotopic (exact) mass is 307 g/mol. The van der Waals surface area contributed by atoms with Gasteiger partial charge in [0.25, 0.3) is 0 Å². The fraction of sp³-hybridized carbons (Fsp3) is 0.118. The van der Waals surface area contributed by atoms with E-state index in [0.717, 1.165) is 11.1 Å². The van der Waals surface area contributed by atoms with E-state index in [1.54, 1.807) is 23.1 Å². The second-order valence-corrected chi connectivity index (χ2v) is 4.99. The normalized spacial score (nSPS) is 10.3. The number of nitrogens with one attached hydrogen (secondary N) is 1. The van der Waals surface area contributed by atoms with Gasteiger partial charge in [0.1, 0.15) is 30.1 Å². The molecule has 1 N–H and O–H groups in total. The maximum atomic E-state index is 13.6. The van der Waals surface area contributed by atoms with Crippen molar-refractivity contribution in [3.05, 3.63) is 77.6 Å². The lowest BCUT2D eigenvalue weighted by atomic mass is 10.1. The summed E-state index contributed by atoms with van der Waals surface area (Å²) in [4.78, 5) is 3.93. The number of rotatable bonds is 5. The number of aromatic nitrogens is 3. The first-order valence-corrected chi connectivity index (χ1v) is 7.09. The fourth-order valence-corrected chi connectivity index (χ4v) is 2.35. The number of hydrogen-bond acceptors (Lipinski definition) is 4. The van der Waals surface area contributed by atoms with E-state index in [9.17, 15) is 4.39 Å². The Balaban J connectivity index is 1.79. The van der Waals surface area contributed by atoms with Crippen LogP contribution >= 0.6 is 0 Å². The van der Waals surface area contributed by atoms with E-state index in [2.05, 4.69) is 15.4 Å². The number of anilines is 1. The summed E-state index contributed by atoms with van der Waals surface area (Å²) in [5, 5.41) is 16.3. The van der Waals surface area contributed by atoms with Gasteiger partial charge in [-0.15, -0.1) is 0 Å². The minimum atomic E-state index is -0.520. The summed E-state index contributed by atoms with van der Waals surface area (Å²) in [5.41, 5.74) is 2.65. The van der Waals surface area contributed by atoms with E-state index < -0.39 is 5.82 Å². The Hall–Kier alpha value is -3.20. The standard InChI is InChI=1S/C17H14FN5/c18-16-6-3-7-17(15(16)8-19)21-9-13-4-1-2-5-14(13)10-23-12-20-11-22-23/h1-7,11-12,21H,9-10H2. The van der Waals surface area contributed by atoms with Gasteiger partial charge in [0, 0.05) is 6.54 Å². The SMILES string of the molecule is N#Cc1c(F)cccc1NCc1ccccc1Cn1cncn1. The molecule has 0 atom stereocenters. The highest BCUT2D eigenvalue weighted by Gasteiger charge is 2.08. The van der Waals surface area contributed by atoms with Gasteiger partial charge in [-0.1, -0.05) is 30.3 Å². The predicted octanol–water partition coefficient (Wildman–Crippen LogP) is 2.95. The van der Waals surface area contributed by atoms with Crippen molar-refractivity contribution in [1.29, 1.82) is 5.26 Å². The maximum absolute atomic E-state index is 13.6. The summed E-state index contributed by atoms with van der Waals surface area (Å²) >= 11 is 0. The van der Waals surface area contributed by atoms with E-state index >= 15 is 0 Å². The molecule has 23 heavy (non-hydrogen) atoms. The Morgan fingerprint density at radius 2 is 1.96 bits per heavy atom. The Kier molecular flexibility index (Phi) is 4.29. The van der Waals surface area contributed by atoms with Crippen LogP contribution in [0.2, 0.25) is 0 Å². The van der Waals surface area contributed by atoms with Gasteiger partial charge in [-0.2, -0.15) is 10.4 Å². The van der Waals surface area contributed by atoms with Gasteiger partial charge in [-0.3, -0.25) is 0 Å². The number of nitrogens with zero attached hydrogens (tertiary/aromatic N) is 4. The summed E-state index contributed by atoms with van der Waals surface area (Å²) in [5.74, 6) is -0.520. The zero-order valence-corrected chi connectivity index (χ0v) is 12.3. The smallest absolute Gasteiger partial charge is 0.143 e. The zero-order chi connectivity index (χ0) is 16.1. The molecule has 0 amide bonds. The number of benzene rings is 2. The summed E-state index contributed by atoms with van der Waals surface area (Å²) in [6.07, 6.45) is 3.15. The molecule has 0 saturated carbocycles. The summed E-state index contributed by atoms with van der Waals surface area (Å²) in [7, 11) is 0. The Bertz CT molecular complexity index is 836. The molecule has 0 fully saturated rings. The van der Waals surface area contributed by atoms with Crippen LogP contribution in [-0.4, -0.2) is 14.8 Å². The van der Waals surface area contributed by atoms with Crippen molar-refractivity contribution in [1.82, 2.24) is 14.8 Å². The maximum Gasteiger partial charge on any atom is 0.143 e. The van der Waals surface area contributed by atoms with Gasteiger partial charge < -0.3 is 5.32 Å². The van der Waals surface area contributed by atoms with Gasteiger partial charge in [-0.25, -0.2) is 14.1 Å². The highest BCUT2D eigenvalue weighted by atomic mass is 19.1. The molecule has 0 radical (unpaired) electrons. The lowest BCUT2D eigenvalue weighted by molar-refractivity contribution is 0.624. The first-order valence-electron chi connectivity index (χ1n) is 7.09. The van der Waals surface area contributed by atoms with Gasteiger partial charge in [-0.05, 0) is 23.3 Å². The number of halogens is 1. The lowest BCUT2D eigenvalue weighted by Gasteiger charge is -2.12. The van der Waals surface area contributed by atoms with Crippen LogP contribution in [0.3, 0.4) is 0 Å². The molecule has 0 saturated heterocycles. The third kappa shape index (κ3) is 3.35. The quantitative estimate of drug-likeness (QED) is 0.787. The van der Waals surface area contributed by atoms with Crippen molar-refractivity contribution in [2.24, 2.45) is 0 Å². The first-order chi connectivity index (χ1) is 11.3. The predicted molar refractivity (Wildman–Crippen MR) is 84.0 cm³/mol. The molecule has 1 aromatic heterocycles. The molecule has 3 aromatic rings. The van der Waals surface area contributed by atoms with Crippen LogP contribution in [-0.2, 0) is 13.1 Å². The third-order valence-corrected chi connectivity index (χ3v) is 3.51. The first kappa shape index (κ1) is 14.7. The Morgan fingerprint density at radius 3 is 2.70 bits per heavy atom. The highest BCUT2D eigenvalue weighted by Crippen LogP contribution is 2.19. The second-order valence-electron chi connectivity index (χ2n) is 4.99. The molecule has 2 aromatic carbocycles. The van der Waals surface area contributed by atoms with E-state index in [1.165, 1.54) is 12.4 Å². The van der Waals surface area contributed by atoms with Crippen LogP contribution in [0.1, 0.15) is 16.7 Å². The molecule has 1 heterocycles. The van der Waals surface area contributed by atoms with Crippen molar-refractivity contribution < 1.29 is 4.39 Å². The van der Waals surface area contributed by atoms with Crippen LogP contribution in [0.4, 0.5) is 10.1 Å². The third-order valence-electron chi connectivity index (χ3n) is 3.51. The number of nitriles is 1. The molecule has 3 rings (SSSR count). The summed E-state index contributed by atoms with van der Waals surface area (Å²) in [6, 6.07) is 14.4. The molecule has 0 bridgehead atoms. The van der Waals surface area contributed by atoms with Crippen molar-refractivity contribution >= 4 is 5.69 Å². The topological polar surface area (TPSA) is 66.5 Å². The average molecular weight is 307 g/mol. The van der Waals surface area contributed by atoms with Crippen molar-refractivity contribution in [3.8, 4) is 6.07 Å². The molecular formula is C17H14FN5. The summed E-state index contributed by atoms with van der Waals surface area (Å²) < 4.78 is 15.4. The lowest BCUT2D eigenvalue weighted by Crippen LogP contribution is -2.08. The minimum absolute atomic E-state index is 0.0289. The van der Waals surface area contributed by atoms with Gasteiger partial charge >= 0.3 is 0 Å². The van der Waals surface area contributed by atoms with Crippen LogP contribution in [0.15, 0.2) is 55.1 Å². The van der Waals surface area contributed by atoms with Crippen molar-refractivity contribution in [2.75, 3.05) is 5.32 Å². The van der Waals surface area contributed by atoms with Crippen LogP contribution in [0.5, 0.6) is 0 Å². The van der Waals surface area contributed by atoms with E-state index in [-0.39, 0.29) is 5.56 Å². The molecule has 0 aliphatic rings. The minimum Gasteiger partial charge on any atom is -0.380 e. The second kappa shape index (κ2) is 6.71. The fourth-order valence-electron chi connectivity index (χ4n) is 2.35. The molecule has 0 aliphatic carbocycles. The van der Waals surface area contributed by atoms with Crippen LogP contribution in [0, 0.1) is 17.1 Å². The Morgan fingerprint density at radius 1 is 1.13 bits per heavy atom. The molecular weight excluding hydrogens is 293 g/mol. The van der Waals surface area contributed by atoms with Gasteiger partial charge in [0.05, 0.1) is 12.2 Å². The highest BCUT2D eigenvalue weighted by molar-refractivity contribution is 5.58. The molecule has 0 aliphatic heterocycles. The number of hydrogen-bond donors (Lipinski definition) is 1. The van der Waals surface area contributed by atoms with Gasteiger partial charge in [0.15, 0.2) is 0 Å². The van der Waals surface area contributed by atoms with Crippen LogP contribution < -0.4 is 5.32 Å². The molecule has 0 spiro atoms. The largest absolute Gasteiger partial charge is 0.380 e. The van der Waals surface area contributed by atoms with Crippen molar-refractivity contribution in [3.63, 3.8) is 0 Å². The van der Waals surface area contributed by atoms with Gasteiger partial charge in [0.2, 0.25) is 0 Å². The summed E-state index contributed by atoms with van der Waals surface area (Å²) in [6.45, 7) is 1.09. The van der Waals surface area contributed by atoms with Crippen molar-refractivity contribution in [2.45, 2.75) is 13.1 Å². The molecule has 0 unspecified atom stereocenters. The van der Waals surface area contributed by atoms with E-state index in [1.807, 2.05) is 30.3 Å². The van der Waals surface area contributed by atoms with E-state index in [4.69, 9.17) is 5.26 Å². The van der Waals surface area contributed by atoms with E-state index in [0.29, 0.717) is 18.8 Å². The average Bonchev–Trinajstić information content (AvgIpc) is 3.07. The Labute approximate surface area is 133 Å². The molecule has 114 valence electrons. The molecule has 5 nitrogen and oxygen atoms in total. The van der Waals surface area contributed by atoms with Crippen LogP contribution in [0.25, 0.3) is 0 Å².